The number of carbonyl (C=O) groups is 1. The van der Waals surface area contributed by atoms with Gasteiger partial charge in [0.25, 0.3) is 0 Å². The molecule has 0 fully saturated rings. The molecular weight excluding hydrogens is 241 g/mol. The normalized spacial score (nSPS) is 17.8. The van der Waals surface area contributed by atoms with Crippen molar-refractivity contribution in [2.45, 2.75) is 13.3 Å². The molecule has 1 N–H and O–H groups in total. The van der Waals surface area contributed by atoms with Gasteiger partial charge >= 0.3 is 7.05 Å². The molecule has 0 aromatic heterocycles. The van der Waals surface area contributed by atoms with E-state index in [9.17, 15) is 14.7 Å². The van der Waals surface area contributed by atoms with Crippen LogP contribution in [0.4, 0.5) is 0 Å². The topological polar surface area (TPSA) is 66.7 Å². The molecule has 1 unspecified atom stereocenters. The van der Waals surface area contributed by atoms with Crippen LogP contribution in [0, 0.1) is 10.8 Å². The number of benzene rings is 1. The highest BCUT2D eigenvalue weighted by Crippen LogP contribution is 2.18. The van der Waals surface area contributed by atoms with Gasteiger partial charge in [0.2, 0.25) is 0 Å². The third kappa shape index (κ3) is 3.06. The van der Waals surface area contributed by atoms with Crippen molar-refractivity contribution in [3.63, 3.8) is 0 Å². The number of ketones is 1. The van der Waals surface area contributed by atoms with E-state index in [2.05, 4.69) is 12.0 Å². The fraction of sp³-hybridized carbons (Fsp3) is 0.214. The lowest BCUT2D eigenvalue weighted by atomic mass is 9.75. The summed E-state index contributed by atoms with van der Waals surface area (Å²) in [6, 6.07) is 6.27. The van der Waals surface area contributed by atoms with E-state index in [1.165, 1.54) is 12.1 Å². The van der Waals surface area contributed by atoms with E-state index >= 15 is 0 Å². The highest BCUT2D eigenvalue weighted by Gasteiger charge is 2.17. The number of hydrogen-bond acceptors (Lipinski definition) is 4. The summed E-state index contributed by atoms with van der Waals surface area (Å²) in [6.07, 6.45) is 6.65. The summed E-state index contributed by atoms with van der Waals surface area (Å²) < 4.78 is 0. The van der Waals surface area contributed by atoms with Crippen LogP contribution < -0.4 is 5.46 Å². The van der Waals surface area contributed by atoms with Crippen LogP contribution in [0.2, 0.25) is 0 Å². The SMILES string of the molecule is CC1C=CC(C(=O)c2ccc(B(O)N=O)cc2)=CC1. The average Bonchev–Trinajstić information content (AvgIpc) is 2.46. The number of hydrogen-bond donors (Lipinski definition) is 1. The van der Waals surface area contributed by atoms with Gasteiger partial charge in [-0.3, -0.25) is 4.79 Å². The minimum Gasteiger partial charge on any atom is -0.425 e. The summed E-state index contributed by atoms with van der Waals surface area (Å²) in [7, 11) is -1.38. The maximum Gasteiger partial charge on any atom is 0.517 e. The van der Waals surface area contributed by atoms with E-state index in [-0.39, 0.29) is 5.78 Å². The summed E-state index contributed by atoms with van der Waals surface area (Å²) in [6.45, 7) is 2.09. The molecule has 5 heteroatoms. The Morgan fingerprint density at radius 3 is 2.58 bits per heavy atom. The quantitative estimate of drug-likeness (QED) is 0.507. The number of Topliss-reactive ketones (excluding diaryl/α,β-unsaturated/α-hetero) is 1. The third-order valence-electron chi connectivity index (χ3n) is 3.15. The molecule has 0 saturated carbocycles. The number of allylic oxidation sites excluding steroid dienone is 4. The first-order valence-corrected chi connectivity index (χ1v) is 6.15. The van der Waals surface area contributed by atoms with Crippen molar-refractivity contribution in [1.82, 2.24) is 0 Å². The zero-order valence-corrected chi connectivity index (χ0v) is 10.6. The molecule has 1 atom stereocenters. The average molecular weight is 255 g/mol. The highest BCUT2D eigenvalue weighted by molar-refractivity contribution is 6.64. The Labute approximate surface area is 111 Å². The van der Waals surface area contributed by atoms with Crippen molar-refractivity contribution in [3.05, 3.63) is 58.5 Å². The predicted octanol–water partition coefficient (Wildman–Crippen LogP) is 1.85. The second kappa shape index (κ2) is 5.76. The van der Waals surface area contributed by atoms with Gasteiger partial charge < -0.3 is 5.02 Å². The van der Waals surface area contributed by atoms with E-state index in [0.717, 1.165) is 6.42 Å². The van der Waals surface area contributed by atoms with Crippen LogP contribution in [0.25, 0.3) is 0 Å². The third-order valence-corrected chi connectivity index (χ3v) is 3.15. The van der Waals surface area contributed by atoms with E-state index in [4.69, 9.17) is 0 Å². The second-order valence-corrected chi connectivity index (χ2v) is 4.66. The van der Waals surface area contributed by atoms with Crippen molar-refractivity contribution in [1.29, 1.82) is 0 Å². The monoisotopic (exact) mass is 255 g/mol. The smallest absolute Gasteiger partial charge is 0.425 e. The largest absolute Gasteiger partial charge is 0.517 e. The van der Waals surface area contributed by atoms with Gasteiger partial charge in [-0.15, -0.1) is 0 Å². The lowest BCUT2D eigenvalue weighted by Crippen LogP contribution is -2.27. The fourth-order valence-electron chi connectivity index (χ4n) is 1.93. The Bertz CT molecular complexity index is 548. The van der Waals surface area contributed by atoms with Crippen LogP contribution in [-0.2, 0) is 0 Å². The zero-order chi connectivity index (χ0) is 13.8. The van der Waals surface area contributed by atoms with Crippen LogP contribution in [0.5, 0.6) is 0 Å². The molecule has 0 spiro atoms. The minimum atomic E-state index is -1.38. The Morgan fingerprint density at radius 1 is 1.37 bits per heavy atom. The first kappa shape index (κ1) is 13.4. The van der Waals surface area contributed by atoms with Gasteiger partial charge in [0.05, 0.1) is 0 Å². The number of nitroso groups, excluding NO2 is 1. The molecule has 0 aliphatic heterocycles. The Kier molecular flexibility index (Phi) is 4.07. The Balaban J connectivity index is 2.17. The molecule has 1 aliphatic rings. The maximum atomic E-state index is 12.2. The van der Waals surface area contributed by atoms with Crippen molar-refractivity contribution in [2.24, 2.45) is 11.0 Å². The van der Waals surface area contributed by atoms with Gasteiger partial charge in [0.1, 0.15) is 0 Å². The van der Waals surface area contributed by atoms with Crippen molar-refractivity contribution in [2.75, 3.05) is 0 Å². The number of carbonyl (C=O) groups excluding carboxylic acids is 1. The summed E-state index contributed by atoms with van der Waals surface area (Å²) in [5, 5.41) is 11.8. The lowest BCUT2D eigenvalue weighted by Gasteiger charge is -2.11. The van der Waals surface area contributed by atoms with Crippen molar-refractivity contribution >= 4 is 18.3 Å². The molecule has 1 aliphatic carbocycles. The molecule has 1 aromatic rings. The molecular formula is C14H14BNO3. The summed E-state index contributed by atoms with van der Waals surface area (Å²) in [4.78, 5) is 22.4. The van der Waals surface area contributed by atoms with Gasteiger partial charge in [-0.1, -0.05) is 54.5 Å². The van der Waals surface area contributed by atoms with Crippen LogP contribution in [0.1, 0.15) is 23.7 Å². The minimum absolute atomic E-state index is 0.0525. The van der Waals surface area contributed by atoms with Gasteiger partial charge in [-0.25, -0.2) is 0 Å². The standard InChI is InChI=1S/C14H14BNO3/c1-10-2-4-11(5-3-10)14(17)12-6-8-13(9-7-12)15(18)16-19/h2,4-10,18H,3H2,1H3. The van der Waals surface area contributed by atoms with Gasteiger partial charge in [0, 0.05) is 11.1 Å². The Morgan fingerprint density at radius 2 is 2.05 bits per heavy atom. The van der Waals surface area contributed by atoms with Gasteiger partial charge in [0.15, 0.2) is 5.78 Å². The van der Waals surface area contributed by atoms with Crippen LogP contribution in [-0.4, -0.2) is 17.9 Å². The molecule has 4 nitrogen and oxygen atoms in total. The highest BCUT2D eigenvalue weighted by atomic mass is 16.3. The number of nitrogens with zero attached hydrogens (tertiary/aromatic N) is 1. The van der Waals surface area contributed by atoms with Crippen LogP contribution in [0.15, 0.2) is 53.2 Å². The summed E-state index contributed by atoms with van der Waals surface area (Å²) in [5.74, 6) is 0.413. The Hall–Kier alpha value is -2.01. The van der Waals surface area contributed by atoms with Gasteiger partial charge in [-0.2, -0.15) is 4.91 Å². The van der Waals surface area contributed by atoms with Crippen molar-refractivity contribution in [3.8, 4) is 0 Å². The van der Waals surface area contributed by atoms with Crippen LogP contribution in [0.3, 0.4) is 0 Å². The zero-order valence-electron chi connectivity index (χ0n) is 10.6. The number of rotatable bonds is 4. The molecule has 96 valence electrons. The molecule has 19 heavy (non-hydrogen) atoms. The van der Waals surface area contributed by atoms with Crippen LogP contribution >= 0.6 is 0 Å². The van der Waals surface area contributed by atoms with E-state index in [1.54, 1.807) is 12.1 Å². The summed E-state index contributed by atoms with van der Waals surface area (Å²) >= 11 is 0. The lowest BCUT2D eigenvalue weighted by molar-refractivity contribution is 0.103. The van der Waals surface area contributed by atoms with E-state index < -0.39 is 7.05 Å². The molecule has 0 radical (unpaired) electrons. The van der Waals surface area contributed by atoms with E-state index in [0.29, 0.717) is 22.5 Å². The molecule has 2 rings (SSSR count). The first-order valence-electron chi connectivity index (χ1n) is 6.15. The van der Waals surface area contributed by atoms with Crippen molar-refractivity contribution < 1.29 is 9.82 Å². The van der Waals surface area contributed by atoms with E-state index in [1.807, 2.05) is 18.2 Å². The first-order chi connectivity index (χ1) is 9.11. The molecule has 1 aromatic carbocycles. The molecule has 0 bridgehead atoms. The molecule has 0 saturated heterocycles. The molecule has 0 heterocycles. The predicted molar refractivity (Wildman–Crippen MR) is 75.2 cm³/mol. The second-order valence-electron chi connectivity index (χ2n) is 4.66. The molecule has 0 amide bonds. The van der Waals surface area contributed by atoms with Gasteiger partial charge in [-0.05, 0) is 17.8 Å². The fourth-order valence-corrected chi connectivity index (χ4v) is 1.93. The summed E-state index contributed by atoms with van der Waals surface area (Å²) in [5.41, 5.74) is 1.60. The maximum absolute atomic E-state index is 12.2.